The van der Waals surface area contributed by atoms with Crippen LogP contribution in [0.1, 0.15) is 44.0 Å². The van der Waals surface area contributed by atoms with Gasteiger partial charge in [0.15, 0.2) is 11.6 Å². The number of primary amides is 1. The number of nitrogens with two attached hydrogens (primary N) is 1. The minimum Gasteiger partial charge on any atom is -0.477 e. The van der Waals surface area contributed by atoms with E-state index in [4.69, 9.17) is 5.73 Å². The lowest BCUT2D eigenvalue weighted by atomic mass is 10.1. The number of hydrogen-bond donors (Lipinski definition) is 2. The minimum absolute atomic E-state index is 0.0655. The lowest BCUT2D eigenvalue weighted by Gasteiger charge is -2.28. The first-order valence-corrected chi connectivity index (χ1v) is 8.58. The fourth-order valence-corrected chi connectivity index (χ4v) is 3.40. The van der Waals surface area contributed by atoms with Crippen LogP contribution in [-0.4, -0.2) is 39.1 Å². The van der Waals surface area contributed by atoms with E-state index in [1.54, 1.807) is 0 Å². The predicted octanol–water partition coefficient (Wildman–Crippen LogP) is 1.44. The first kappa shape index (κ1) is 18.8. The average Bonchev–Trinajstić information content (AvgIpc) is 3.03. The number of aromatic carboxylic acids is 1. The molecule has 0 bridgehead atoms. The molecular formula is C18H21FN4O4. The number of aromatic nitrogens is 2. The Bertz CT molecular complexity index is 1010. The number of carbonyl (C=O) groups excluding carboxylic acids is 1. The number of fused-ring (bicyclic) bond motifs is 1. The molecule has 0 unspecified atom stereocenters. The monoisotopic (exact) mass is 376 g/mol. The van der Waals surface area contributed by atoms with Crippen LogP contribution in [0.3, 0.4) is 0 Å². The maximum absolute atomic E-state index is 14.8. The minimum atomic E-state index is -1.39. The lowest BCUT2D eigenvalue weighted by molar-refractivity contribution is -0.119. The molecule has 1 fully saturated rings. The third kappa shape index (κ3) is 3.13. The number of carbonyl (C=O) groups is 2. The van der Waals surface area contributed by atoms with Gasteiger partial charge in [-0.05, 0) is 39.7 Å². The Morgan fingerprint density at radius 1 is 1.37 bits per heavy atom. The summed E-state index contributed by atoms with van der Waals surface area (Å²) in [7, 11) is 0. The number of pyridine rings is 2. The van der Waals surface area contributed by atoms with Crippen LogP contribution in [0.2, 0.25) is 0 Å². The Balaban J connectivity index is 2.34. The van der Waals surface area contributed by atoms with E-state index in [0.717, 1.165) is 6.07 Å². The van der Waals surface area contributed by atoms with E-state index < -0.39 is 40.3 Å². The average molecular weight is 376 g/mol. The molecule has 3 N–H and O–H groups in total. The maximum Gasteiger partial charge on any atom is 0.341 e. The van der Waals surface area contributed by atoms with Crippen molar-refractivity contribution in [1.29, 1.82) is 0 Å². The number of rotatable bonds is 3. The van der Waals surface area contributed by atoms with Gasteiger partial charge in [0, 0.05) is 18.3 Å². The Kier molecular flexibility index (Phi) is 4.41. The van der Waals surface area contributed by atoms with Crippen molar-refractivity contribution in [2.24, 2.45) is 5.73 Å². The molecule has 1 aliphatic heterocycles. The van der Waals surface area contributed by atoms with Crippen LogP contribution in [0.5, 0.6) is 0 Å². The van der Waals surface area contributed by atoms with Gasteiger partial charge < -0.3 is 20.3 Å². The number of hydrogen-bond acceptors (Lipinski definition) is 5. The SMILES string of the molecule is CC(C)(C)n1cc(C(=O)O)c(=O)c2cc(F)c(N3CCC[C@H]3C(N)=O)nc21. The van der Waals surface area contributed by atoms with Gasteiger partial charge in [-0.2, -0.15) is 0 Å². The van der Waals surface area contributed by atoms with E-state index in [1.807, 2.05) is 20.8 Å². The third-order valence-electron chi connectivity index (χ3n) is 4.72. The smallest absolute Gasteiger partial charge is 0.341 e. The molecule has 3 rings (SSSR count). The molecule has 1 atom stereocenters. The van der Waals surface area contributed by atoms with Crippen molar-refractivity contribution in [3.8, 4) is 0 Å². The van der Waals surface area contributed by atoms with Gasteiger partial charge in [-0.1, -0.05) is 0 Å². The molecule has 2 aromatic rings. The molecule has 8 nitrogen and oxygen atoms in total. The Morgan fingerprint density at radius 2 is 2.04 bits per heavy atom. The van der Waals surface area contributed by atoms with Crippen LogP contribution in [-0.2, 0) is 10.3 Å². The first-order valence-electron chi connectivity index (χ1n) is 8.58. The molecule has 1 aliphatic rings. The summed E-state index contributed by atoms with van der Waals surface area (Å²) in [6, 6.07) is 0.322. The van der Waals surface area contributed by atoms with Crippen molar-refractivity contribution in [3.63, 3.8) is 0 Å². The first-order chi connectivity index (χ1) is 12.5. The van der Waals surface area contributed by atoms with Crippen LogP contribution in [0.15, 0.2) is 17.1 Å². The summed E-state index contributed by atoms with van der Waals surface area (Å²) < 4.78 is 16.3. The highest BCUT2D eigenvalue weighted by Gasteiger charge is 2.33. The van der Waals surface area contributed by atoms with E-state index >= 15 is 0 Å². The van der Waals surface area contributed by atoms with Gasteiger partial charge in [0.1, 0.15) is 17.3 Å². The predicted molar refractivity (Wildman–Crippen MR) is 97.5 cm³/mol. The number of amides is 1. The number of anilines is 1. The largest absolute Gasteiger partial charge is 0.477 e. The van der Waals surface area contributed by atoms with Gasteiger partial charge >= 0.3 is 5.97 Å². The Hall–Kier alpha value is -2.97. The molecule has 3 heterocycles. The molecule has 144 valence electrons. The zero-order valence-electron chi connectivity index (χ0n) is 15.3. The van der Waals surface area contributed by atoms with Crippen molar-refractivity contribution in [2.75, 3.05) is 11.4 Å². The zero-order valence-corrected chi connectivity index (χ0v) is 15.3. The van der Waals surface area contributed by atoms with Gasteiger partial charge in [-0.15, -0.1) is 0 Å². The highest BCUT2D eigenvalue weighted by atomic mass is 19.1. The summed E-state index contributed by atoms with van der Waals surface area (Å²) in [4.78, 5) is 41.5. The summed E-state index contributed by atoms with van der Waals surface area (Å²) in [5, 5.41) is 9.20. The molecule has 0 aromatic carbocycles. The summed E-state index contributed by atoms with van der Waals surface area (Å²) in [6.45, 7) is 5.86. The van der Waals surface area contributed by atoms with Crippen LogP contribution >= 0.6 is 0 Å². The van der Waals surface area contributed by atoms with Gasteiger partial charge in [-0.3, -0.25) is 9.59 Å². The molecule has 0 aliphatic carbocycles. The van der Waals surface area contributed by atoms with E-state index in [9.17, 15) is 23.9 Å². The number of nitrogens with zero attached hydrogens (tertiary/aromatic N) is 3. The van der Waals surface area contributed by atoms with Crippen LogP contribution in [0.4, 0.5) is 10.2 Å². The molecule has 9 heteroatoms. The van der Waals surface area contributed by atoms with Crippen LogP contribution < -0.4 is 16.1 Å². The number of carboxylic acids is 1. The number of carboxylic acid groups (broad SMARTS) is 1. The highest BCUT2D eigenvalue weighted by Crippen LogP contribution is 2.29. The zero-order chi connectivity index (χ0) is 20.1. The molecule has 0 saturated carbocycles. The molecule has 1 amide bonds. The standard InChI is InChI=1S/C18H21FN4O4/c1-18(2,3)23-8-10(17(26)27)13(24)9-7-11(19)16(21-15(9)23)22-6-4-5-12(22)14(20)25/h7-8,12H,4-6H2,1-3H3,(H2,20,25)(H,26,27)/t12-/m0/s1. The topological polar surface area (TPSA) is 119 Å². The molecule has 2 aromatic heterocycles. The van der Waals surface area contributed by atoms with Gasteiger partial charge in [0.05, 0.1) is 5.39 Å². The van der Waals surface area contributed by atoms with Crippen LogP contribution in [0.25, 0.3) is 11.0 Å². The fourth-order valence-electron chi connectivity index (χ4n) is 3.40. The second-order valence-electron chi connectivity index (χ2n) is 7.64. The van der Waals surface area contributed by atoms with Crippen molar-refractivity contribution in [3.05, 3.63) is 33.9 Å². The van der Waals surface area contributed by atoms with Gasteiger partial charge in [-0.25, -0.2) is 14.2 Å². The second kappa shape index (κ2) is 6.33. The molecular weight excluding hydrogens is 355 g/mol. The number of halogens is 1. The van der Waals surface area contributed by atoms with Gasteiger partial charge in [0.2, 0.25) is 11.3 Å². The Labute approximate surface area is 154 Å². The van der Waals surface area contributed by atoms with Crippen LogP contribution in [0, 0.1) is 5.82 Å². The molecule has 0 spiro atoms. The van der Waals surface area contributed by atoms with Crippen molar-refractivity contribution < 1.29 is 19.1 Å². The molecule has 27 heavy (non-hydrogen) atoms. The van der Waals surface area contributed by atoms with E-state index in [0.29, 0.717) is 19.4 Å². The summed E-state index contributed by atoms with van der Waals surface area (Å²) in [5.74, 6) is -2.82. The van der Waals surface area contributed by atoms with Crippen molar-refractivity contribution in [2.45, 2.75) is 45.2 Å². The van der Waals surface area contributed by atoms with E-state index in [1.165, 1.54) is 15.7 Å². The fraction of sp³-hybridized carbons (Fsp3) is 0.444. The highest BCUT2D eigenvalue weighted by molar-refractivity contribution is 5.92. The summed E-state index contributed by atoms with van der Waals surface area (Å²) >= 11 is 0. The lowest BCUT2D eigenvalue weighted by Crippen LogP contribution is -2.41. The van der Waals surface area contributed by atoms with Crippen molar-refractivity contribution in [1.82, 2.24) is 9.55 Å². The summed E-state index contributed by atoms with van der Waals surface area (Å²) in [5.41, 5.74) is 3.69. The second-order valence-corrected chi connectivity index (χ2v) is 7.64. The Morgan fingerprint density at radius 3 is 2.59 bits per heavy atom. The van der Waals surface area contributed by atoms with E-state index in [-0.39, 0.29) is 16.9 Å². The maximum atomic E-state index is 14.8. The normalized spacial score (nSPS) is 17.5. The third-order valence-corrected chi connectivity index (χ3v) is 4.72. The summed E-state index contributed by atoms with van der Waals surface area (Å²) in [6.07, 6.45) is 2.38. The van der Waals surface area contributed by atoms with Gasteiger partial charge in [0.25, 0.3) is 0 Å². The van der Waals surface area contributed by atoms with E-state index in [2.05, 4.69) is 4.98 Å². The van der Waals surface area contributed by atoms with Crippen molar-refractivity contribution >= 4 is 28.7 Å². The molecule has 1 saturated heterocycles. The molecule has 0 radical (unpaired) electrons. The quantitative estimate of drug-likeness (QED) is 0.837.